The minimum atomic E-state index is -1.75. The standard InChI is InChI=1S/C20H26O3P/c1-3-5-15-22-17-11-7-9-13-19(17)24(21)20-14-10-8-12-18(20)23-16-6-4-2/h7-14H,3-6,15-16H2,1-2H3/q+1. The molecule has 0 spiro atoms. The lowest BCUT2D eigenvalue weighted by molar-refractivity contribution is 0.311. The number of unbranched alkanes of at least 4 members (excludes halogenated alkanes) is 2. The zero-order chi connectivity index (χ0) is 17.2. The van der Waals surface area contributed by atoms with Crippen molar-refractivity contribution in [2.45, 2.75) is 39.5 Å². The zero-order valence-electron chi connectivity index (χ0n) is 14.5. The van der Waals surface area contributed by atoms with E-state index < -0.39 is 7.80 Å². The second-order valence-corrected chi connectivity index (χ2v) is 7.19. The number of rotatable bonds is 10. The molecule has 0 aliphatic rings. The molecule has 24 heavy (non-hydrogen) atoms. The fourth-order valence-electron chi connectivity index (χ4n) is 2.28. The van der Waals surface area contributed by atoms with Crippen molar-refractivity contribution in [2.24, 2.45) is 0 Å². The molecule has 2 aromatic carbocycles. The monoisotopic (exact) mass is 345 g/mol. The van der Waals surface area contributed by atoms with Gasteiger partial charge < -0.3 is 9.47 Å². The molecule has 0 saturated carbocycles. The fourth-order valence-corrected chi connectivity index (χ4v) is 3.66. The highest BCUT2D eigenvalue weighted by atomic mass is 31.1. The second-order valence-electron chi connectivity index (χ2n) is 5.63. The van der Waals surface area contributed by atoms with E-state index in [1.807, 2.05) is 48.5 Å². The van der Waals surface area contributed by atoms with Gasteiger partial charge in [0.2, 0.25) is 10.6 Å². The van der Waals surface area contributed by atoms with Gasteiger partial charge in [0, 0.05) is 0 Å². The smallest absolute Gasteiger partial charge is 0.423 e. The number of hydrogen-bond donors (Lipinski definition) is 0. The summed E-state index contributed by atoms with van der Waals surface area (Å²) in [5, 5.41) is 1.46. The second kappa shape index (κ2) is 10.1. The summed E-state index contributed by atoms with van der Waals surface area (Å²) in [7, 11) is -1.75. The largest absolute Gasteiger partial charge is 0.489 e. The third kappa shape index (κ3) is 5.07. The maximum atomic E-state index is 13.1. The lowest BCUT2D eigenvalue weighted by Crippen LogP contribution is -2.14. The number of ether oxygens (including phenoxy) is 2. The van der Waals surface area contributed by atoms with Crippen LogP contribution in [0.3, 0.4) is 0 Å². The minimum absolute atomic E-state index is 0.644. The lowest BCUT2D eigenvalue weighted by Gasteiger charge is -2.07. The first kappa shape index (κ1) is 18.5. The van der Waals surface area contributed by atoms with Crippen molar-refractivity contribution in [3.05, 3.63) is 48.5 Å². The Morgan fingerprint density at radius 3 is 1.58 bits per heavy atom. The summed E-state index contributed by atoms with van der Waals surface area (Å²) >= 11 is 0. The molecule has 2 rings (SSSR count). The molecule has 0 saturated heterocycles. The summed E-state index contributed by atoms with van der Waals surface area (Å²) in [4.78, 5) is 0. The Balaban J connectivity index is 2.22. The highest BCUT2D eigenvalue weighted by Crippen LogP contribution is 2.30. The minimum Gasteiger partial charge on any atom is -0.489 e. The first-order chi connectivity index (χ1) is 11.8. The molecule has 0 atom stereocenters. The normalized spacial score (nSPS) is 10.4. The first-order valence-electron chi connectivity index (χ1n) is 8.68. The van der Waals surface area contributed by atoms with Crippen LogP contribution >= 0.6 is 7.80 Å². The number of hydrogen-bond acceptors (Lipinski definition) is 3. The van der Waals surface area contributed by atoms with E-state index in [1.165, 1.54) is 0 Å². The van der Waals surface area contributed by atoms with Crippen LogP contribution in [0.25, 0.3) is 0 Å². The van der Waals surface area contributed by atoms with Gasteiger partial charge in [-0.2, -0.15) is 0 Å². The highest BCUT2D eigenvalue weighted by Gasteiger charge is 2.31. The number of benzene rings is 2. The SMILES string of the molecule is CCCCOc1ccccc1[P+](=O)c1ccccc1OCCCC. The van der Waals surface area contributed by atoms with Gasteiger partial charge in [0.15, 0.2) is 11.5 Å². The molecule has 0 aliphatic carbocycles. The van der Waals surface area contributed by atoms with Gasteiger partial charge in [-0.1, -0.05) is 55.5 Å². The van der Waals surface area contributed by atoms with Crippen molar-refractivity contribution in [3.63, 3.8) is 0 Å². The van der Waals surface area contributed by atoms with Gasteiger partial charge in [-0.05, 0) is 37.1 Å². The van der Waals surface area contributed by atoms with Crippen LogP contribution in [0.5, 0.6) is 11.5 Å². The molecule has 0 unspecified atom stereocenters. The van der Waals surface area contributed by atoms with Gasteiger partial charge in [0.1, 0.15) is 0 Å². The molecule has 0 heterocycles. The van der Waals surface area contributed by atoms with Gasteiger partial charge in [-0.15, -0.1) is 0 Å². The van der Waals surface area contributed by atoms with E-state index in [1.54, 1.807) is 0 Å². The Morgan fingerprint density at radius 2 is 1.17 bits per heavy atom. The predicted octanol–water partition coefficient (Wildman–Crippen LogP) is 4.82. The Morgan fingerprint density at radius 1 is 0.750 bits per heavy atom. The summed E-state index contributed by atoms with van der Waals surface area (Å²) in [5.74, 6) is 1.41. The zero-order valence-corrected chi connectivity index (χ0v) is 15.4. The fraction of sp³-hybridized carbons (Fsp3) is 0.400. The molecule has 3 nitrogen and oxygen atoms in total. The Kier molecular flexibility index (Phi) is 7.77. The average molecular weight is 345 g/mol. The maximum absolute atomic E-state index is 13.1. The predicted molar refractivity (Wildman–Crippen MR) is 101 cm³/mol. The van der Waals surface area contributed by atoms with E-state index in [9.17, 15) is 4.57 Å². The van der Waals surface area contributed by atoms with E-state index in [0.717, 1.165) is 36.3 Å². The summed E-state index contributed by atoms with van der Waals surface area (Å²) in [6.45, 7) is 5.54. The van der Waals surface area contributed by atoms with Crippen molar-refractivity contribution < 1.29 is 14.0 Å². The van der Waals surface area contributed by atoms with Crippen molar-refractivity contribution in [1.29, 1.82) is 0 Å². The van der Waals surface area contributed by atoms with Crippen molar-refractivity contribution in [2.75, 3.05) is 13.2 Å². The maximum Gasteiger partial charge on any atom is 0.423 e. The van der Waals surface area contributed by atoms with Crippen LogP contribution in [0, 0.1) is 0 Å². The molecule has 0 N–H and O–H groups in total. The van der Waals surface area contributed by atoms with Crippen LogP contribution < -0.4 is 20.1 Å². The molecule has 0 radical (unpaired) electrons. The van der Waals surface area contributed by atoms with Gasteiger partial charge in [-0.25, -0.2) is 0 Å². The molecule has 4 heteroatoms. The molecular formula is C20H26O3P+. The van der Waals surface area contributed by atoms with E-state index in [-0.39, 0.29) is 0 Å². The van der Waals surface area contributed by atoms with Crippen molar-refractivity contribution in [1.82, 2.24) is 0 Å². The molecule has 0 fully saturated rings. The van der Waals surface area contributed by atoms with Gasteiger partial charge in [0.05, 0.1) is 13.2 Å². The van der Waals surface area contributed by atoms with Crippen molar-refractivity contribution in [3.8, 4) is 11.5 Å². The van der Waals surface area contributed by atoms with Crippen LogP contribution in [0.2, 0.25) is 0 Å². The van der Waals surface area contributed by atoms with Crippen LogP contribution in [0.15, 0.2) is 48.5 Å². The highest BCUT2D eigenvalue weighted by molar-refractivity contribution is 7.62. The summed E-state index contributed by atoms with van der Waals surface area (Å²) in [6, 6.07) is 15.2. The van der Waals surface area contributed by atoms with Crippen molar-refractivity contribution >= 4 is 18.4 Å². The molecule has 0 aliphatic heterocycles. The van der Waals surface area contributed by atoms with E-state index >= 15 is 0 Å². The third-order valence-electron chi connectivity index (χ3n) is 3.68. The Hall–Kier alpha value is -1.86. The topological polar surface area (TPSA) is 35.5 Å². The molecule has 0 bridgehead atoms. The number of para-hydroxylation sites is 2. The van der Waals surface area contributed by atoms with E-state index in [4.69, 9.17) is 9.47 Å². The molecule has 128 valence electrons. The summed E-state index contributed by atoms with van der Waals surface area (Å²) in [5.41, 5.74) is 0. The molecule has 2 aromatic rings. The molecule has 0 amide bonds. The van der Waals surface area contributed by atoms with Crippen LogP contribution in [-0.2, 0) is 4.57 Å². The van der Waals surface area contributed by atoms with E-state index in [2.05, 4.69) is 13.8 Å². The summed E-state index contributed by atoms with van der Waals surface area (Å²) in [6.07, 6.45) is 4.12. The summed E-state index contributed by atoms with van der Waals surface area (Å²) < 4.78 is 24.8. The Labute approximate surface area is 145 Å². The van der Waals surface area contributed by atoms with Crippen LogP contribution in [0.1, 0.15) is 39.5 Å². The third-order valence-corrected chi connectivity index (χ3v) is 5.29. The van der Waals surface area contributed by atoms with Gasteiger partial charge in [0.25, 0.3) is 0 Å². The quantitative estimate of drug-likeness (QED) is 0.457. The van der Waals surface area contributed by atoms with Crippen LogP contribution in [0.4, 0.5) is 0 Å². The molecular weight excluding hydrogens is 319 g/mol. The Bertz CT molecular complexity index is 599. The van der Waals surface area contributed by atoms with Crippen LogP contribution in [-0.4, -0.2) is 13.2 Å². The van der Waals surface area contributed by atoms with Gasteiger partial charge >= 0.3 is 7.80 Å². The average Bonchev–Trinajstić information content (AvgIpc) is 2.62. The first-order valence-corrected chi connectivity index (χ1v) is 9.94. The van der Waals surface area contributed by atoms with E-state index in [0.29, 0.717) is 24.7 Å². The lowest BCUT2D eigenvalue weighted by atomic mass is 10.3. The van der Waals surface area contributed by atoms with Gasteiger partial charge in [-0.3, -0.25) is 0 Å². The molecule has 0 aromatic heterocycles.